The largest absolute Gasteiger partial charge is 2.00 e. The molecule has 0 radical (unpaired) electrons. The van der Waals surface area contributed by atoms with Crippen molar-refractivity contribution >= 4 is 66.5 Å². The Labute approximate surface area is 295 Å². The summed E-state index contributed by atoms with van der Waals surface area (Å²) in [5.41, 5.74) is 7.66. The van der Waals surface area contributed by atoms with Gasteiger partial charge in [0.1, 0.15) is 23.2 Å². The van der Waals surface area contributed by atoms with Gasteiger partial charge in [0.25, 0.3) is 0 Å². The molecule has 4 aromatic heterocycles. The molecule has 1 aliphatic heterocycles. The molecule has 1 unspecified atom stereocenters. The van der Waals surface area contributed by atoms with Crippen LogP contribution in [0.15, 0.2) is 126 Å². The molecule has 5 aromatic carbocycles. The number of imidazole rings is 1. The maximum Gasteiger partial charge on any atom is 2.00 e. The second-order valence-electron chi connectivity index (χ2n) is 13.0. The molecule has 0 amide bonds. The molecule has 1 atom stereocenters. The van der Waals surface area contributed by atoms with Gasteiger partial charge in [-0.2, -0.15) is 18.2 Å². The minimum Gasteiger partial charge on any atom is -0.456 e. The molecule has 1 aliphatic rings. The minimum atomic E-state index is -1.46. The molecule has 0 N–H and O–H groups in total. The van der Waals surface area contributed by atoms with E-state index in [9.17, 15) is 0 Å². The van der Waals surface area contributed by atoms with E-state index in [4.69, 9.17) is 9.40 Å². The Kier molecular flexibility index (Phi) is 6.59. The number of furan rings is 1. The molecule has 0 saturated heterocycles. The zero-order valence-corrected chi connectivity index (χ0v) is 28.8. The monoisotopic (exact) mass is 817 g/mol. The van der Waals surface area contributed by atoms with Gasteiger partial charge < -0.3 is 13.7 Å². The molecule has 0 spiro atoms. The Morgan fingerprint density at radius 3 is 2.35 bits per heavy atom. The number of fused-ring (bicyclic) bond motifs is 12. The van der Waals surface area contributed by atoms with Crippen LogP contribution < -0.4 is 4.90 Å². The van der Waals surface area contributed by atoms with Crippen LogP contribution >= 0.6 is 0 Å². The van der Waals surface area contributed by atoms with Gasteiger partial charge in [-0.1, -0.05) is 78.3 Å². The number of anilines is 3. The Morgan fingerprint density at radius 2 is 1.49 bits per heavy atom. The molecule has 10 rings (SSSR count). The second-order valence-corrected chi connectivity index (χ2v) is 13.0. The van der Waals surface area contributed by atoms with E-state index >= 15 is 4.39 Å². The van der Waals surface area contributed by atoms with Crippen molar-refractivity contribution in [3.63, 3.8) is 0 Å². The van der Waals surface area contributed by atoms with Gasteiger partial charge in [0.15, 0.2) is 0 Å². The van der Waals surface area contributed by atoms with Crippen LogP contribution in [-0.4, -0.2) is 14.4 Å². The number of para-hydroxylation sites is 2. The van der Waals surface area contributed by atoms with Crippen LogP contribution in [0.3, 0.4) is 0 Å². The summed E-state index contributed by atoms with van der Waals surface area (Å²) in [5, 5.41) is 5.00. The van der Waals surface area contributed by atoms with Crippen LogP contribution in [0.2, 0.25) is 0 Å². The van der Waals surface area contributed by atoms with Gasteiger partial charge in [-0.3, -0.25) is 4.98 Å². The summed E-state index contributed by atoms with van der Waals surface area (Å²) in [6, 6.07) is 41.1. The fourth-order valence-electron chi connectivity index (χ4n) is 7.69. The third kappa shape index (κ3) is 4.20. The molecule has 0 saturated carbocycles. The van der Waals surface area contributed by atoms with Gasteiger partial charge in [-0.05, 0) is 47.2 Å². The molecule has 5 nitrogen and oxygen atoms in total. The van der Waals surface area contributed by atoms with Gasteiger partial charge in [0.2, 0.25) is 0 Å². The van der Waals surface area contributed by atoms with Crippen molar-refractivity contribution < 1.29 is 29.9 Å². The third-order valence-corrected chi connectivity index (χ3v) is 9.95. The van der Waals surface area contributed by atoms with E-state index in [2.05, 4.69) is 66.2 Å². The first-order valence-corrected chi connectivity index (χ1v) is 16.1. The Bertz CT molecular complexity index is 2750. The standard InChI is InChI=1S/C42H27FN4O.Pt/c1-42(2)32-18-15-26(39(43)25-14-16-27-28-9-3-5-11-33(28)46-22-21-45-41(46)31(27)23-25)24-35(32)47(37-13-7-8-20-44-37)34-19-17-30-29-10-4-6-12-36(29)48-40(30)38(34)42;/h3-22,39H,1-2H3;/q-2;+2. The van der Waals surface area contributed by atoms with Crippen molar-refractivity contribution in [2.75, 3.05) is 4.90 Å². The van der Waals surface area contributed by atoms with E-state index in [1.165, 1.54) is 0 Å². The fraction of sp³-hybridized carbons (Fsp3) is 0.0952. The van der Waals surface area contributed by atoms with E-state index in [0.717, 1.165) is 77.6 Å². The summed E-state index contributed by atoms with van der Waals surface area (Å²) < 4.78 is 25.4. The number of hydrogen-bond donors (Lipinski definition) is 0. The summed E-state index contributed by atoms with van der Waals surface area (Å²) in [6.07, 6.45) is 4.03. The Balaban J connectivity index is 0.00000325. The van der Waals surface area contributed by atoms with Crippen LogP contribution in [0.5, 0.6) is 0 Å². The molecular formula is C42H27FN4OPt. The van der Waals surface area contributed by atoms with Crippen molar-refractivity contribution in [2.45, 2.75) is 25.4 Å². The summed E-state index contributed by atoms with van der Waals surface area (Å²) in [6.45, 7) is 4.40. The average molecular weight is 818 g/mol. The minimum absolute atomic E-state index is 0. The number of rotatable bonds is 3. The fourth-order valence-corrected chi connectivity index (χ4v) is 7.69. The summed E-state index contributed by atoms with van der Waals surface area (Å²) in [5.74, 6) is 0.723. The Hall–Kier alpha value is -5.32. The van der Waals surface area contributed by atoms with E-state index in [1.54, 1.807) is 12.4 Å². The molecule has 9 aromatic rings. The van der Waals surface area contributed by atoms with E-state index in [0.29, 0.717) is 11.1 Å². The smallest absolute Gasteiger partial charge is 0.456 e. The predicted octanol–water partition coefficient (Wildman–Crippen LogP) is 10.7. The summed E-state index contributed by atoms with van der Waals surface area (Å²) in [7, 11) is 0. The maximum absolute atomic E-state index is 16.8. The van der Waals surface area contributed by atoms with Crippen molar-refractivity contribution in [3.8, 4) is 0 Å². The zero-order chi connectivity index (χ0) is 32.1. The molecule has 238 valence electrons. The first-order chi connectivity index (χ1) is 23.5. The first-order valence-electron chi connectivity index (χ1n) is 16.1. The molecular weight excluding hydrogens is 791 g/mol. The summed E-state index contributed by atoms with van der Waals surface area (Å²) in [4.78, 5) is 11.5. The number of alkyl halides is 1. The van der Waals surface area contributed by atoms with Crippen LogP contribution in [0, 0.1) is 12.1 Å². The first kappa shape index (κ1) is 29.8. The predicted molar refractivity (Wildman–Crippen MR) is 189 cm³/mol. The van der Waals surface area contributed by atoms with Gasteiger partial charge in [0.05, 0.1) is 11.3 Å². The SMILES string of the molecule is CC1(C)c2ccc(C(F)c3[c-]c4c(cc3)c3ccccc3n3ccnc43)[c-]c2N(c2ccccn2)c2ccc3c(oc4ccccc43)c21.[Pt+2]. The molecule has 0 fully saturated rings. The average Bonchev–Trinajstić information content (AvgIpc) is 3.77. The van der Waals surface area contributed by atoms with Crippen LogP contribution in [0.4, 0.5) is 21.6 Å². The number of nitrogens with zero attached hydrogens (tertiary/aromatic N) is 4. The molecule has 0 bridgehead atoms. The second kappa shape index (κ2) is 10.8. The van der Waals surface area contributed by atoms with E-state index in [1.807, 2.05) is 83.4 Å². The van der Waals surface area contributed by atoms with Crippen LogP contribution in [-0.2, 0) is 26.5 Å². The molecule has 49 heavy (non-hydrogen) atoms. The molecule has 5 heterocycles. The van der Waals surface area contributed by atoms with Crippen molar-refractivity contribution in [3.05, 3.63) is 156 Å². The number of hydrogen-bond acceptors (Lipinski definition) is 4. The van der Waals surface area contributed by atoms with Crippen molar-refractivity contribution in [1.29, 1.82) is 0 Å². The third-order valence-electron chi connectivity index (χ3n) is 9.95. The van der Waals surface area contributed by atoms with E-state index in [-0.39, 0.29) is 21.1 Å². The van der Waals surface area contributed by atoms with E-state index < -0.39 is 11.6 Å². The number of aromatic nitrogens is 3. The van der Waals surface area contributed by atoms with Crippen LogP contribution in [0.1, 0.15) is 42.3 Å². The topological polar surface area (TPSA) is 46.6 Å². The van der Waals surface area contributed by atoms with Gasteiger partial charge >= 0.3 is 21.1 Å². The maximum atomic E-state index is 16.8. The zero-order valence-electron chi connectivity index (χ0n) is 26.5. The quantitative estimate of drug-likeness (QED) is 0.132. The number of halogens is 1. The van der Waals surface area contributed by atoms with Crippen molar-refractivity contribution in [1.82, 2.24) is 14.4 Å². The number of benzene rings is 5. The summed E-state index contributed by atoms with van der Waals surface area (Å²) >= 11 is 0. The normalized spacial score (nSPS) is 14.3. The van der Waals surface area contributed by atoms with Crippen LogP contribution in [0.25, 0.3) is 49.3 Å². The molecule has 7 heteroatoms. The molecule has 0 aliphatic carbocycles. The Morgan fingerprint density at radius 1 is 0.735 bits per heavy atom. The van der Waals surface area contributed by atoms with Crippen molar-refractivity contribution in [2.24, 2.45) is 0 Å². The number of pyridine rings is 2. The van der Waals surface area contributed by atoms with Gasteiger partial charge in [0, 0.05) is 40.4 Å². The van der Waals surface area contributed by atoms with Gasteiger partial charge in [-0.25, -0.2) is 9.37 Å². The van der Waals surface area contributed by atoms with Gasteiger partial charge in [-0.15, -0.1) is 29.3 Å².